The molecule has 0 radical (unpaired) electrons. The van der Waals surface area contributed by atoms with Crippen LogP contribution in [0, 0.1) is 0 Å². The predicted molar refractivity (Wildman–Crippen MR) is 202 cm³/mol. The summed E-state index contributed by atoms with van der Waals surface area (Å²) in [4.78, 5) is 32.6. The molecule has 0 fully saturated rings. The zero-order valence-corrected chi connectivity index (χ0v) is 27.1. The molecule has 0 saturated carbocycles. The fourth-order valence-electron chi connectivity index (χ4n) is 7.81. The first kappa shape index (κ1) is 28.4. The second kappa shape index (κ2) is 11.2. The number of aromatic nitrogens is 4. The van der Waals surface area contributed by atoms with Crippen LogP contribution in [0.4, 0.5) is 0 Å². The number of fused-ring (bicyclic) bond motifs is 10. The third-order valence-corrected chi connectivity index (χ3v) is 10.0. The van der Waals surface area contributed by atoms with Crippen LogP contribution in [0.25, 0.3) is 78.2 Å². The number of aromatic amines is 2. The fourth-order valence-corrected chi connectivity index (χ4v) is 7.81. The third-order valence-electron chi connectivity index (χ3n) is 10.0. The third kappa shape index (κ3) is 4.44. The molecule has 3 aromatic heterocycles. The number of hydrogen-bond donors (Lipinski definition) is 2. The lowest BCUT2D eigenvalue weighted by molar-refractivity contribution is 0.105. The Labute approximate surface area is 288 Å². The monoisotopic (exact) mass is 642 g/mol. The van der Waals surface area contributed by atoms with E-state index < -0.39 is 0 Å². The molecule has 50 heavy (non-hydrogen) atoms. The predicted octanol–water partition coefficient (Wildman–Crippen LogP) is 10.5. The summed E-state index contributed by atoms with van der Waals surface area (Å²) in [6.07, 6.45) is 3.60. The average Bonchev–Trinajstić information content (AvgIpc) is 4.00. The van der Waals surface area contributed by atoms with Crippen molar-refractivity contribution < 1.29 is 4.79 Å². The van der Waals surface area contributed by atoms with E-state index in [1.54, 1.807) is 0 Å². The summed E-state index contributed by atoms with van der Waals surface area (Å²) in [7, 11) is 0. The molecule has 0 atom stereocenters. The molecule has 7 aromatic rings. The number of Topliss-reactive ketones (excluding diaryl/α,β-unsaturated/α-hetero) is 1. The van der Waals surface area contributed by atoms with Crippen LogP contribution in [-0.4, -0.2) is 25.7 Å². The topological polar surface area (TPSA) is 74.4 Å². The summed E-state index contributed by atoms with van der Waals surface area (Å²) >= 11 is 0. The average molecular weight is 643 g/mol. The molecule has 3 aliphatic rings. The molecule has 0 unspecified atom stereocenters. The number of allylic oxidation sites excluding steroid dienone is 1. The Balaban J connectivity index is 1.43. The number of H-pyrrole nitrogens is 2. The maximum atomic E-state index is 14.2. The van der Waals surface area contributed by atoms with E-state index in [-0.39, 0.29) is 5.78 Å². The highest BCUT2D eigenvalue weighted by Gasteiger charge is 2.32. The molecule has 10 rings (SSSR count). The molecule has 0 saturated heterocycles. The quantitative estimate of drug-likeness (QED) is 0.201. The molecule has 0 spiro atoms. The minimum Gasteiger partial charge on any atom is -0.354 e. The molecular formula is C45H30N4O. The van der Waals surface area contributed by atoms with Gasteiger partial charge in [0.15, 0.2) is 5.78 Å². The van der Waals surface area contributed by atoms with E-state index >= 15 is 0 Å². The number of rotatable bonds is 3. The fraction of sp³-hybridized carbons (Fsp3) is 0.0444. The maximum Gasteiger partial charge on any atom is 0.195 e. The van der Waals surface area contributed by atoms with Crippen molar-refractivity contribution in [2.75, 3.05) is 0 Å². The molecule has 5 heteroatoms. The zero-order valence-electron chi connectivity index (χ0n) is 27.1. The maximum absolute atomic E-state index is 14.2. The Morgan fingerprint density at radius 2 is 0.880 bits per heavy atom. The van der Waals surface area contributed by atoms with E-state index in [1.165, 1.54) is 0 Å². The summed E-state index contributed by atoms with van der Waals surface area (Å²) < 4.78 is 0. The Bertz CT molecular complexity index is 2700. The van der Waals surface area contributed by atoms with Gasteiger partial charge in [0.05, 0.1) is 28.3 Å². The number of aryl methyl sites for hydroxylation is 2. The summed E-state index contributed by atoms with van der Waals surface area (Å²) in [6, 6.07) is 47.8. The number of hydrogen-bond acceptors (Lipinski definition) is 3. The van der Waals surface area contributed by atoms with Crippen molar-refractivity contribution in [3.05, 3.63) is 168 Å². The van der Waals surface area contributed by atoms with Gasteiger partial charge < -0.3 is 9.97 Å². The van der Waals surface area contributed by atoms with Gasteiger partial charge in [-0.15, -0.1) is 0 Å². The van der Waals surface area contributed by atoms with E-state index in [9.17, 15) is 4.79 Å². The standard InChI is InChI=1S/C45H30N4O/c50-45-31-19-11-10-18-30(31)43-38-25-24-36(48-38)41(28-14-6-2-7-15-28)34-21-20-33(46-34)40(27-12-4-1-5-13-27)35-22-23-37(47-35)42(29-16-8-3-9-17-29)39-26-32(45)44(43)49-39/h1-19,22-26,47-48H,20-21H2. The first-order valence-electron chi connectivity index (χ1n) is 17.0. The lowest BCUT2D eigenvalue weighted by Crippen LogP contribution is -2.10. The second-order valence-corrected chi connectivity index (χ2v) is 13.0. The first-order valence-corrected chi connectivity index (χ1v) is 17.0. The normalized spacial score (nSPS) is 13.2. The van der Waals surface area contributed by atoms with Crippen LogP contribution in [0.5, 0.6) is 0 Å². The van der Waals surface area contributed by atoms with Gasteiger partial charge in [-0.05, 0) is 65.4 Å². The van der Waals surface area contributed by atoms with Gasteiger partial charge in [-0.3, -0.25) is 9.78 Å². The summed E-state index contributed by atoms with van der Waals surface area (Å²) in [5.41, 5.74) is 16.8. The zero-order chi connectivity index (χ0) is 33.2. The highest BCUT2D eigenvalue weighted by molar-refractivity contribution is 6.38. The Morgan fingerprint density at radius 1 is 0.440 bits per heavy atom. The van der Waals surface area contributed by atoms with Gasteiger partial charge in [-0.2, -0.15) is 0 Å². The molecule has 5 heterocycles. The van der Waals surface area contributed by atoms with E-state index in [0.717, 1.165) is 96.5 Å². The highest BCUT2D eigenvalue weighted by atomic mass is 16.1. The smallest absolute Gasteiger partial charge is 0.195 e. The van der Waals surface area contributed by atoms with E-state index in [2.05, 4.69) is 94.9 Å². The van der Waals surface area contributed by atoms with Crippen LogP contribution in [0.2, 0.25) is 0 Å². The number of carbonyl (C=O) groups is 1. The van der Waals surface area contributed by atoms with E-state index in [4.69, 9.17) is 9.97 Å². The van der Waals surface area contributed by atoms with E-state index in [1.807, 2.05) is 60.7 Å². The Hall–Kier alpha value is -6.59. The van der Waals surface area contributed by atoms with Gasteiger partial charge >= 0.3 is 0 Å². The van der Waals surface area contributed by atoms with Crippen LogP contribution >= 0.6 is 0 Å². The summed E-state index contributed by atoms with van der Waals surface area (Å²) in [5.74, 6) is -0.0123. The van der Waals surface area contributed by atoms with Gasteiger partial charge in [0.2, 0.25) is 0 Å². The van der Waals surface area contributed by atoms with Crippen LogP contribution < -0.4 is 0 Å². The number of carbonyl (C=O) groups excluding carboxylic acids is 1. The van der Waals surface area contributed by atoms with Gasteiger partial charge in [-0.1, -0.05) is 115 Å². The largest absolute Gasteiger partial charge is 0.354 e. The molecule has 236 valence electrons. The lowest BCUT2D eigenvalue weighted by atomic mass is 9.85. The van der Waals surface area contributed by atoms with Crippen LogP contribution in [0.3, 0.4) is 0 Å². The molecule has 2 aliphatic heterocycles. The van der Waals surface area contributed by atoms with Crippen LogP contribution in [-0.2, 0) is 12.8 Å². The molecular weight excluding hydrogens is 613 g/mol. The van der Waals surface area contributed by atoms with Gasteiger partial charge in [0.25, 0.3) is 0 Å². The number of benzene rings is 4. The highest BCUT2D eigenvalue weighted by Crippen LogP contribution is 2.44. The number of nitrogens with one attached hydrogen (secondary N) is 2. The first-order chi connectivity index (χ1) is 24.7. The van der Waals surface area contributed by atoms with Crippen molar-refractivity contribution in [2.24, 2.45) is 0 Å². The summed E-state index contributed by atoms with van der Waals surface area (Å²) in [5, 5.41) is 0. The Morgan fingerprint density at radius 3 is 1.42 bits per heavy atom. The van der Waals surface area contributed by atoms with Crippen molar-refractivity contribution in [3.63, 3.8) is 0 Å². The lowest BCUT2D eigenvalue weighted by Gasteiger charge is -2.17. The minimum absolute atomic E-state index is 0.0123. The van der Waals surface area contributed by atoms with Crippen LogP contribution in [0.1, 0.15) is 33.1 Å². The second-order valence-electron chi connectivity index (χ2n) is 13.0. The van der Waals surface area contributed by atoms with Crippen molar-refractivity contribution in [1.82, 2.24) is 19.9 Å². The van der Waals surface area contributed by atoms with Crippen molar-refractivity contribution in [1.29, 1.82) is 0 Å². The van der Waals surface area contributed by atoms with Crippen molar-refractivity contribution in [3.8, 4) is 44.5 Å². The van der Waals surface area contributed by atoms with Crippen molar-refractivity contribution in [2.45, 2.75) is 12.8 Å². The molecule has 0 amide bonds. The van der Waals surface area contributed by atoms with E-state index in [0.29, 0.717) is 16.8 Å². The molecule has 1 aliphatic carbocycles. The SMILES string of the molecule is O=C1C2=Cc3nc2c(c2ccc([nH]2)c(-c2ccccc2)c2nc(c(-c4ccccc4)c4ccc([nH]4)c3-c3ccccc3)CC2)-c2ccccc21. The number of nitrogens with zero attached hydrogens (tertiary/aromatic N) is 2. The van der Waals surface area contributed by atoms with Gasteiger partial charge in [0, 0.05) is 49.9 Å². The molecule has 2 N–H and O–H groups in total. The van der Waals surface area contributed by atoms with Gasteiger partial charge in [0.1, 0.15) is 0 Å². The minimum atomic E-state index is -0.0123. The van der Waals surface area contributed by atoms with Crippen LogP contribution in [0.15, 0.2) is 140 Å². The van der Waals surface area contributed by atoms with Gasteiger partial charge in [-0.25, -0.2) is 4.98 Å². The Kier molecular flexibility index (Phi) is 6.39. The summed E-state index contributed by atoms with van der Waals surface area (Å²) in [6.45, 7) is 0. The molecule has 5 nitrogen and oxygen atoms in total. The van der Waals surface area contributed by atoms with Crippen molar-refractivity contribution >= 4 is 39.5 Å². The number of ketones is 1. The molecule has 4 aromatic carbocycles. The molecule has 8 bridgehead atoms.